The third-order valence-electron chi connectivity index (χ3n) is 2.63. The van der Waals surface area contributed by atoms with E-state index in [-0.39, 0.29) is 5.82 Å². The summed E-state index contributed by atoms with van der Waals surface area (Å²) in [5, 5.41) is 4.28. The van der Waals surface area contributed by atoms with Gasteiger partial charge in [-0.05, 0) is 49.2 Å². The van der Waals surface area contributed by atoms with Gasteiger partial charge in [-0.3, -0.25) is 5.43 Å². The molecule has 0 bridgehead atoms. The standard InChI is InChI=1S/C15H15FN2/c1-11-4-3-5-15(10-11)18-17-12(2)13-6-8-14(16)9-7-13/h3-10,18H,1-2H3/b17-12-. The summed E-state index contributed by atoms with van der Waals surface area (Å²) in [4.78, 5) is 0. The minimum absolute atomic E-state index is 0.238. The van der Waals surface area contributed by atoms with Gasteiger partial charge in [-0.1, -0.05) is 24.3 Å². The van der Waals surface area contributed by atoms with Gasteiger partial charge in [0.25, 0.3) is 0 Å². The average Bonchev–Trinajstić information content (AvgIpc) is 2.37. The van der Waals surface area contributed by atoms with Crippen molar-refractivity contribution in [2.75, 3.05) is 5.43 Å². The number of hydrogen-bond donors (Lipinski definition) is 1. The maximum absolute atomic E-state index is 12.8. The molecule has 0 atom stereocenters. The molecule has 0 fully saturated rings. The number of anilines is 1. The first kappa shape index (κ1) is 12.3. The fraction of sp³-hybridized carbons (Fsp3) is 0.133. The molecule has 2 rings (SSSR count). The number of aryl methyl sites for hydroxylation is 1. The number of nitrogens with one attached hydrogen (secondary N) is 1. The van der Waals surface area contributed by atoms with Crippen LogP contribution in [0.1, 0.15) is 18.1 Å². The summed E-state index contributed by atoms with van der Waals surface area (Å²) in [6.45, 7) is 3.91. The van der Waals surface area contributed by atoms with Crippen molar-refractivity contribution in [3.05, 3.63) is 65.5 Å². The highest BCUT2D eigenvalue weighted by atomic mass is 19.1. The summed E-state index contributed by atoms with van der Waals surface area (Å²) >= 11 is 0. The summed E-state index contributed by atoms with van der Waals surface area (Å²) in [7, 11) is 0. The van der Waals surface area contributed by atoms with Crippen molar-refractivity contribution in [3.8, 4) is 0 Å². The first-order chi connectivity index (χ1) is 8.65. The monoisotopic (exact) mass is 242 g/mol. The van der Waals surface area contributed by atoms with E-state index in [2.05, 4.69) is 10.5 Å². The summed E-state index contributed by atoms with van der Waals surface area (Å²) in [6.07, 6.45) is 0. The molecule has 92 valence electrons. The minimum Gasteiger partial charge on any atom is -0.278 e. The first-order valence-corrected chi connectivity index (χ1v) is 5.78. The van der Waals surface area contributed by atoms with Crippen molar-refractivity contribution in [2.24, 2.45) is 5.10 Å². The summed E-state index contributed by atoms with van der Waals surface area (Å²) < 4.78 is 12.8. The van der Waals surface area contributed by atoms with E-state index in [4.69, 9.17) is 0 Å². The normalized spacial score (nSPS) is 11.4. The Labute approximate surface area is 106 Å². The lowest BCUT2D eigenvalue weighted by atomic mass is 10.1. The SMILES string of the molecule is C/C(=N/Nc1cccc(C)c1)c1ccc(F)cc1. The third kappa shape index (κ3) is 3.17. The van der Waals surface area contributed by atoms with Crippen molar-refractivity contribution in [2.45, 2.75) is 13.8 Å². The first-order valence-electron chi connectivity index (χ1n) is 5.78. The quantitative estimate of drug-likeness (QED) is 0.639. The lowest BCUT2D eigenvalue weighted by Gasteiger charge is -2.04. The topological polar surface area (TPSA) is 24.4 Å². The predicted molar refractivity (Wildman–Crippen MR) is 73.4 cm³/mol. The number of halogens is 1. The van der Waals surface area contributed by atoms with Crippen molar-refractivity contribution in [3.63, 3.8) is 0 Å². The maximum Gasteiger partial charge on any atom is 0.123 e. The fourth-order valence-electron chi connectivity index (χ4n) is 1.62. The van der Waals surface area contributed by atoms with Gasteiger partial charge in [-0.2, -0.15) is 5.10 Å². The highest BCUT2D eigenvalue weighted by molar-refractivity contribution is 5.99. The fourth-order valence-corrected chi connectivity index (χ4v) is 1.62. The van der Waals surface area contributed by atoms with Crippen LogP contribution in [-0.4, -0.2) is 5.71 Å². The molecule has 0 unspecified atom stereocenters. The Morgan fingerprint density at radius 2 is 1.83 bits per heavy atom. The molecule has 18 heavy (non-hydrogen) atoms. The Bertz CT molecular complexity index is 559. The van der Waals surface area contributed by atoms with Crippen LogP contribution in [0.25, 0.3) is 0 Å². The summed E-state index contributed by atoms with van der Waals surface area (Å²) in [5.74, 6) is -0.238. The number of rotatable bonds is 3. The molecule has 0 saturated heterocycles. The van der Waals surface area contributed by atoms with E-state index in [1.807, 2.05) is 38.1 Å². The van der Waals surface area contributed by atoms with Crippen molar-refractivity contribution >= 4 is 11.4 Å². The molecule has 0 amide bonds. The van der Waals surface area contributed by atoms with Gasteiger partial charge in [0, 0.05) is 0 Å². The second-order valence-corrected chi connectivity index (χ2v) is 4.19. The highest BCUT2D eigenvalue weighted by Gasteiger charge is 1.98. The van der Waals surface area contributed by atoms with Crippen molar-refractivity contribution < 1.29 is 4.39 Å². The maximum atomic E-state index is 12.8. The minimum atomic E-state index is -0.238. The van der Waals surface area contributed by atoms with Crippen molar-refractivity contribution in [1.82, 2.24) is 0 Å². The molecule has 1 N–H and O–H groups in total. The van der Waals surface area contributed by atoms with Gasteiger partial charge in [0.1, 0.15) is 5.82 Å². The van der Waals surface area contributed by atoms with Crippen LogP contribution in [0, 0.1) is 12.7 Å². The molecule has 3 heteroatoms. The van der Waals surface area contributed by atoms with E-state index >= 15 is 0 Å². The van der Waals surface area contributed by atoms with Gasteiger partial charge < -0.3 is 0 Å². The van der Waals surface area contributed by atoms with Gasteiger partial charge in [-0.25, -0.2) is 4.39 Å². The van der Waals surface area contributed by atoms with Gasteiger partial charge >= 0.3 is 0 Å². The zero-order chi connectivity index (χ0) is 13.0. The van der Waals surface area contributed by atoms with Crippen LogP contribution in [0.15, 0.2) is 53.6 Å². The zero-order valence-electron chi connectivity index (χ0n) is 10.4. The second-order valence-electron chi connectivity index (χ2n) is 4.19. The van der Waals surface area contributed by atoms with Gasteiger partial charge in [-0.15, -0.1) is 0 Å². The van der Waals surface area contributed by atoms with Gasteiger partial charge in [0.2, 0.25) is 0 Å². The Morgan fingerprint density at radius 3 is 2.50 bits per heavy atom. The van der Waals surface area contributed by atoms with Crippen LogP contribution in [0.3, 0.4) is 0 Å². The molecule has 0 aliphatic carbocycles. The molecule has 0 spiro atoms. The summed E-state index contributed by atoms with van der Waals surface area (Å²) in [5.41, 5.74) is 6.83. The zero-order valence-corrected chi connectivity index (χ0v) is 10.4. The van der Waals surface area contributed by atoms with E-state index in [0.29, 0.717) is 0 Å². The smallest absolute Gasteiger partial charge is 0.123 e. The van der Waals surface area contributed by atoms with Crippen LogP contribution < -0.4 is 5.43 Å². The second kappa shape index (κ2) is 5.45. The van der Waals surface area contributed by atoms with E-state index in [1.165, 1.54) is 17.7 Å². The number of hydrogen-bond acceptors (Lipinski definition) is 2. The molecular weight excluding hydrogens is 227 g/mol. The van der Waals surface area contributed by atoms with Crippen molar-refractivity contribution in [1.29, 1.82) is 0 Å². The van der Waals surface area contributed by atoms with Crippen LogP contribution in [0.5, 0.6) is 0 Å². The molecule has 0 aliphatic rings. The molecule has 0 saturated carbocycles. The molecule has 0 heterocycles. The lowest BCUT2D eigenvalue weighted by molar-refractivity contribution is 0.628. The largest absolute Gasteiger partial charge is 0.278 e. The molecule has 0 aromatic heterocycles. The third-order valence-corrected chi connectivity index (χ3v) is 2.63. The van der Waals surface area contributed by atoms with Crippen LogP contribution in [0.2, 0.25) is 0 Å². The Hall–Kier alpha value is -2.16. The highest BCUT2D eigenvalue weighted by Crippen LogP contribution is 2.10. The molecule has 0 aliphatic heterocycles. The van der Waals surface area contributed by atoms with Crippen LogP contribution >= 0.6 is 0 Å². The Morgan fingerprint density at radius 1 is 1.11 bits per heavy atom. The van der Waals surface area contributed by atoms with Gasteiger partial charge in [0.15, 0.2) is 0 Å². The molecule has 0 radical (unpaired) electrons. The Balaban J connectivity index is 2.11. The molecule has 2 nitrogen and oxygen atoms in total. The van der Waals surface area contributed by atoms with E-state index in [9.17, 15) is 4.39 Å². The van der Waals surface area contributed by atoms with E-state index in [0.717, 1.165) is 17.0 Å². The molecular formula is C15H15FN2. The molecule has 2 aromatic rings. The predicted octanol–water partition coefficient (Wildman–Crippen LogP) is 3.97. The Kier molecular flexibility index (Phi) is 3.72. The van der Waals surface area contributed by atoms with Crippen LogP contribution in [0.4, 0.5) is 10.1 Å². The molecule has 2 aromatic carbocycles. The number of hydrazone groups is 1. The van der Waals surface area contributed by atoms with Crippen LogP contribution in [-0.2, 0) is 0 Å². The van der Waals surface area contributed by atoms with E-state index in [1.54, 1.807) is 12.1 Å². The van der Waals surface area contributed by atoms with Gasteiger partial charge in [0.05, 0.1) is 11.4 Å². The average molecular weight is 242 g/mol. The summed E-state index contributed by atoms with van der Waals surface area (Å²) in [6, 6.07) is 14.3. The number of nitrogens with zero attached hydrogens (tertiary/aromatic N) is 1. The number of benzene rings is 2. The van der Waals surface area contributed by atoms with E-state index < -0.39 is 0 Å². The lowest BCUT2D eigenvalue weighted by Crippen LogP contribution is -1.99.